The molecule has 5 nitrogen and oxygen atoms in total. The Hall–Kier alpha value is -2.40. The van der Waals surface area contributed by atoms with Gasteiger partial charge < -0.3 is 14.0 Å². The van der Waals surface area contributed by atoms with Crippen LogP contribution in [0.5, 0.6) is 5.75 Å². The third-order valence-corrected chi connectivity index (χ3v) is 3.85. The molecule has 3 rings (SSSR count). The molecule has 5 heteroatoms. The molecule has 3 aromatic rings. The fourth-order valence-corrected chi connectivity index (χ4v) is 2.74. The summed E-state index contributed by atoms with van der Waals surface area (Å²) in [5, 5.41) is 0. The summed E-state index contributed by atoms with van der Waals surface area (Å²) in [7, 11) is 3.42. The molecule has 0 saturated heterocycles. The summed E-state index contributed by atoms with van der Waals surface area (Å²) in [6.45, 7) is 1.42. The average Bonchev–Trinajstić information content (AvgIpc) is 2.93. The monoisotopic (exact) mass is 311 g/mol. The fourth-order valence-electron chi connectivity index (χ4n) is 2.74. The zero-order valence-electron chi connectivity index (χ0n) is 13.5. The van der Waals surface area contributed by atoms with E-state index in [4.69, 9.17) is 14.5 Å². The zero-order valence-corrected chi connectivity index (χ0v) is 13.5. The first kappa shape index (κ1) is 15.5. The Morgan fingerprint density at radius 3 is 2.78 bits per heavy atom. The van der Waals surface area contributed by atoms with Crippen LogP contribution in [0.1, 0.15) is 17.8 Å². The van der Waals surface area contributed by atoms with E-state index in [9.17, 15) is 0 Å². The number of aromatic nitrogens is 3. The SMILES string of the molecule is COCCCc1nc2cccnc2n1Cc1ccccc1OC. The van der Waals surface area contributed by atoms with E-state index < -0.39 is 0 Å². The fraction of sp³-hybridized carbons (Fsp3) is 0.333. The molecule has 0 atom stereocenters. The Labute approximate surface area is 135 Å². The first-order chi connectivity index (χ1) is 11.3. The van der Waals surface area contributed by atoms with Crippen LogP contribution >= 0.6 is 0 Å². The Morgan fingerprint density at radius 1 is 1.09 bits per heavy atom. The highest BCUT2D eigenvalue weighted by Gasteiger charge is 2.13. The normalized spacial score (nSPS) is 11.0. The van der Waals surface area contributed by atoms with Gasteiger partial charge in [-0.25, -0.2) is 9.97 Å². The molecule has 2 aromatic heterocycles. The van der Waals surface area contributed by atoms with Crippen molar-refractivity contribution in [3.05, 3.63) is 54.0 Å². The standard InChI is InChI=1S/C18H21N3O2/c1-22-12-6-10-17-20-15-8-5-11-19-18(15)21(17)13-14-7-3-4-9-16(14)23-2/h3-5,7-9,11H,6,10,12-13H2,1-2H3. The minimum Gasteiger partial charge on any atom is -0.496 e. The van der Waals surface area contributed by atoms with Crippen molar-refractivity contribution < 1.29 is 9.47 Å². The van der Waals surface area contributed by atoms with Gasteiger partial charge in [-0.3, -0.25) is 0 Å². The maximum atomic E-state index is 5.47. The molecule has 2 heterocycles. The molecule has 23 heavy (non-hydrogen) atoms. The van der Waals surface area contributed by atoms with E-state index in [0.717, 1.165) is 47.7 Å². The van der Waals surface area contributed by atoms with Crippen molar-refractivity contribution in [1.29, 1.82) is 0 Å². The molecule has 0 unspecified atom stereocenters. The number of nitrogens with zero attached hydrogens (tertiary/aromatic N) is 3. The number of rotatable bonds is 7. The first-order valence-electron chi connectivity index (χ1n) is 7.74. The molecule has 0 amide bonds. The predicted molar refractivity (Wildman–Crippen MR) is 89.8 cm³/mol. The van der Waals surface area contributed by atoms with E-state index in [1.807, 2.05) is 36.5 Å². The highest BCUT2D eigenvalue weighted by molar-refractivity contribution is 5.71. The Morgan fingerprint density at radius 2 is 1.96 bits per heavy atom. The van der Waals surface area contributed by atoms with Crippen molar-refractivity contribution in [3.8, 4) is 5.75 Å². The van der Waals surface area contributed by atoms with Crippen LogP contribution in [0, 0.1) is 0 Å². The first-order valence-corrected chi connectivity index (χ1v) is 7.74. The lowest BCUT2D eigenvalue weighted by atomic mass is 10.2. The average molecular weight is 311 g/mol. The maximum absolute atomic E-state index is 5.47. The molecule has 0 spiro atoms. The van der Waals surface area contributed by atoms with Crippen molar-refractivity contribution in [3.63, 3.8) is 0 Å². The molecule has 120 valence electrons. The lowest BCUT2D eigenvalue weighted by Gasteiger charge is -2.12. The van der Waals surface area contributed by atoms with E-state index >= 15 is 0 Å². The second-order valence-corrected chi connectivity index (χ2v) is 5.37. The van der Waals surface area contributed by atoms with Gasteiger partial charge in [0.15, 0.2) is 5.65 Å². The highest BCUT2D eigenvalue weighted by atomic mass is 16.5. The molecular formula is C18H21N3O2. The van der Waals surface area contributed by atoms with E-state index in [-0.39, 0.29) is 0 Å². The van der Waals surface area contributed by atoms with Gasteiger partial charge in [-0.2, -0.15) is 0 Å². The summed E-state index contributed by atoms with van der Waals surface area (Å²) >= 11 is 0. The molecule has 0 fully saturated rings. The summed E-state index contributed by atoms with van der Waals surface area (Å²) < 4.78 is 12.8. The largest absolute Gasteiger partial charge is 0.496 e. The zero-order chi connectivity index (χ0) is 16.1. The smallest absolute Gasteiger partial charge is 0.160 e. The lowest BCUT2D eigenvalue weighted by Crippen LogP contribution is -2.08. The Kier molecular flexibility index (Phi) is 4.88. The lowest BCUT2D eigenvalue weighted by molar-refractivity contribution is 0.194. The number of imidazole rings is 1. The topological polar surface area (TPSA) is 49.2 Å². The van der Waals surface area contributed by atoms with E-state index in [1.165, 1.54) is 0 Å². The molecule has 0 radical (unpaired) electrons. The highest BCUT2D eigenvalue weighted by Crippen LogP contribution is 2.22. The van der Waals surface area contributed by atoms with Crippen LogP contribution in [-0.4, -0.2) is 35.4 Å². The predicted octanol–water partition coefficient (Wildman–Crippen LogP) is 3.07. The molecule has 0 bridgehead atoms. The van der Waals surface area contributed by atoms with Crippen molar-refractivity contribution in [2.45, 2.75) is 19.4 Å². The summed E-state index contributed by atoms with van der Waals surface area (Å²) in [6, 6.07) is 12.0. The van der Waals surface area contributed by atoms with Crippen molar-refractivity contribution in [2.24, 2.45) is 0 Å². The minimum atomic E-state index is 0.694. The summed E-state index contributed by atoms with van der Waals surface area (Å²) in [4.78, 5) is 9.25. The van der Waals surface area contributed by atoms with Gasteiger partial charge in [-0.05, 0) is 24.6 Å². The summed E-state index contributed by atoms with van der Waals surface area (Å²) in [6.07, 6.45) is 3.60. The van der Waals surface area contributed by atoms with Crippen LogP contribution in [0.15, 0.2) is 42.6 Å². The number of fused-ring (bicyclic) bond motifs is 1. The van der Waals surface area contributed by atoms with Gasteiger partial charge in [0.1, 0.15) is 17.1 Å². The second-order valence-electron chi connectivity index (χ2n) is 5.37. The molecule has 0 aliphatic heterocycles. The third kappa shape index (κ3) is 3.35. The summed E-state index contributed by atoms with van der Waals surface area (Å²) in [5.41, 5.74) is 2.95. The molecule has 0 aliphatic rings. The number of hydrogen-bond acceptors (Lipinski definition) is 4. The number of aryl methyl sites for hydroxylation is 1. The van der Waals surface area contributed by atoms with Gasteiger partial charge in [-0.15, -0.1) is 0 Å². The molecular weight excluding hydrogens is 290 g/mol. The quantitative estimate of drug-likeness (QED) is 0.629. The van der Waals surface area contributed by atoms with Crippen molar-refractivity contribution in [2.75, 3.05) is 20.8 Å². The molecule has 1 aromatic carbocycles. The number of benzene rings is 1. The Balaban J connectivity index is 1.98. The molecule has 0 N–H and O–H groups in total. The second kappa shape index (κ2) is 7.24. The van der Waals surface area contributed by atoms with Crippen LogP contribution in [0.2, 0.25) is 0 Å². The van der Waals surface area contributed by atoms with Gasteiger partial charge >= 0.3 is 0 Å². The number of ether oxygens (including phenoxy) is 2. The van der Waals surface area contributed by atoms with Gasteiger partial charge in [0.05, 0.1) is 13.7 Å². The van der Waals surface area contributed by atoms with Gasteiger partial charge in [0, 0.05) is 31.9 Å². The van der Waals surface area contributed by atoms with Crippen LogP contribution in [-0.2, 0) is 17.7 Å². The number of para-hydroxylation sites is 1. The minimum absolute atomic E-state index is 0.694. The Bertz CT molecular complexity index is 783. The van der Waals surface area contributed by atoms with Crippen LogP contribution in [0.4, 0.5) is 0 Å². The van der Waals surface area contributed by atoms with Crippen LogP contribution < -0.4 is 4.74 Å². The van der Waals surface area contributed by atoms with Crippen molar-refractivity contribution in [1.82, 2.24) is 14.5 Å². The summed E-state index contributed by atoms with van der Waals surface area (Å²) in [5.74, 6) is 1.91. The van der Waals surface area contributed by atoms with Gasteiger partial charge in [0.25, 0.3) is 0 Å². The maximum Gasteiger partial charge on any atom is 0.160 e. The van der Waals surface area contributed by atoms with E-state index in [1.54, 1.807) is 14.2 Å². The molecule has 0 aliphatic carbocycles. The number of methoxy groups -OCH3 is 2. The van der Waals surface area contributed by atoms with Crippen LogP contribution in [0.3, 0.4) is 0 Å². The van der Waals surface area contributed by atoms with E-state index in [0.29, 0.717) is 6.54 Å². The third-order valence-electron chi connectivity index (χ3n) is 3.85. The molecule has 0 saturated carbocycles. The van der Waals surface area contributed by atoms with Gasteiger partial charge in [0.2, 0.25) is 0 Å². The number of hydrogen-bond donors (Lipinski definition) is 0. The number of pyridine rings is 1. The van der Waals surface area contributed by atoms with E-state index in [2.05, 4.69) is 15.6 Å². The van der Waals surface area contributed by atoms with Crippen molar-refractivity contribution >= 4 is 11.2 Å². The van der Waals surface area contributed by atoms with Crippen LogP contribution in [0.25, 0.3) is 11.2 Å². The van der Waals surface area contributed by atoms with Gasteiger partial charge in [-0.1, -0.05) is 18.2 Å².